The monoisotopic (exact) mass is 278 g/mol. The van der Waals surface area contributed by atoms with Gasteiger partial charge in [0, 0.05) is 18.0 Å². The van der Waals surface area contributed by atoms with Gasteiger partial charge in [-0.3, -0.25) is 9.59 Å². The second kappa shape index (κ2) is 7.53. The summed E-state index contributed by atoms with van der Waals surface area (Å²) in [5.41, 5.74) is 6.74. The average Bonchev–Trinajstić information content (AvgIpc) is 2.44. The maximum absolute atomic E-state index is 11.6. The minimum absolute atomic E-state index is 0.0257. The van der Waals surface area contributed by atoms with Crippen molar-refractivity contribution in [1.82, 2.24) is 5.32 Å². The summed E-state index contributed by atoms with van der Waals surface area (Å²) in [6, 6.07) is 4.97. The van der Waals surface area contributed by atoms with Crippen LogP contribution in [0.4, 0.5) is 5.69 Å². The van der Waals surface area contributed by atoms with E-state index in [0.717, 1.165) is 6.42 Å². The van der Waals surface area contributed by atoms with Crippen molar-refractivity contribution in [3.8, 4) is 5.75 Å². The molecule has 0 saturated heterocycles. The number of carbonyl (C=O) groups is 2. The Balaban J connectivity index is 2.61. The molecule has 3 N–H and O–H groups in total. The zero-order valence-electron chi connectivity index (χ0n) is 12.2. The standard InChI is InChI=1S/C15H22N2O3/c1-4-10(3)17-15(19)9-20-14-7-6-11(8-12(14)16)13(18)5-2/h6-8,10H,4-5,9,16H2,1-3H3,(H,17,19). The average molecular weight is 278 g/mol. The molecule has 0 fully saturated rings. The zero-order valence-corrected chi connectivity index (χ0v) is 12.2. The number of nitrogen functional groups attached to an aromatic ring is 1. The molecule has 1 rings (SSSR count). The van der Waals surface area contributed by atoms with Gasteiger partial charge in [0.05, 0.1) is 5.69 Å². The number of nitrogens with one attached hydrogen (secondary N) is 1. The van der Waals surface area contributed by atoms with Gasteiger partial charge in [-0.1, -0.05) is 13.8 Å². The Morgan fingerprint density at radius 2 is 2.05 bits per heavy atom. The Hall–Kier alpha value is -2.04. The quantitative estimate of drug-likeness (QED) is 0.591. The van der Waals surface area contributed by atoms with Crippen molar-refractivity contribution < 1.29 is 14.3 Å². The molecule has 20 heavy (non-hydrogen) atoms. The lowest BCUT2D eigenvalue weighted by molar-refractivity contribution is -0.123. The number of amides is 1. The van der Waals surface area contributed by atoms with E-state index in [9.17, 15) is 9.59 Å². The molecule has 1 aromatic rings. The fraction of sp³-hybridized carbons (Fsp3) is 0.467. The largest absolute Gasteiger partial charge is 0.482 e. The predicted octanol–water partition coefficient (Wildman–Crippen LogP) is 2.16. The van der Waals surface area contributed by atoms with E-state index in [-0.39, 0.29) is 24.3 Å². The van der Waals surface area contributed by atoms with Crippen LogP contribution in [0.15, 0.2) is 18.2 Å². The summed E-state index contributed by atoms with van der Waals surface area (Å²) in [5.74, 6) is 0.252. The lowest BCUT2D eigenvalue weighted by atomic mass is 10.1. The molecule has 0 bridgehead atoms. The van der Waals surface area contributed by atoms with Gasteiger partial charge in [0.15, 0.2) is 12.4 Å². The summed E-state index contributed by atoms with van der Waals surface area (Å²) in [6.45, 7) is 5.63. The van der Waals surface area contributed by atoms with E-state index >= 15 is 0 Å². The van der Waals surface area contributed by atoms with E-state index in [0.29, 0.717) is 23.4 Å². The number of hydrogen-bond acceptors (Lipinski definition) is 4. The molecular formula is C15H22N2O3. The fourth-order valence-electron chi connectivity index (χ4n) is 1.62. The molecule has 1 atom stereocenters. The van der Waals surface area contributed by atoms with Crippen LogP contribution >= 0.6 is 0 Å². The lowest BCUT2D eigenvalue weighted by Crippen LogP contribution is -2.35. The Bertz CT molecular complexity index is 486. The van der Waals surface area contributed by atoms with Crippen molar-refractivity contribution in [2.75, 3.05) is 12.3 Å². The third-order valence-electron chi connectivity index (χ3n) is 3.03. The summed E-state index contributed by atoms with van der Waals surface area (Å²) in [5, 5.41) is 2.80. The minimum atomic E-state index is -0.188. The third kappa shape index (κ3) is 4.57. The van der Waals surface area contributed by atoms with Gasteiger partial charge >= 0.3 is 0 Å². The first-order chi connectivity index (χ1) is 9.47. The molecule has 0 saturated carbocycles. The summed E-state index contributed by atoms with van der Waals surface area (Å²) in [6.07, 6.45) is 1.29. The molecule has 0 aliphatic carbocycles. The Labute approximate surface area is 119 Å². The Kier molecular flexibility index (Phi) is 6.03. The maximum atomic E-state index is 11.6. The van der Waals surface area contributed by atoms with Gasteiger partial charge in [-0.05, 0) is 31.5 Å². The van der Waals surface area contributed by atoms with E-state index in [2.05, 4.69) is 5.32 Å². The molecule has 0 spiro atoms. The van der Waals surface area contributed by atoms with Crippen LogP contribution in [0.25, 0.3) is 0 Å². The van der Waals surface area contributed by atoms with Crippen molar-refractivity contribution in [2.24, 2.45) is 0 Å². The summed E-state index contributed by atoms with van der Waals surface area (Å²) in [4.78, 5) is 23.1. The van der Waals surface area contributed by atoms with Crippen LogP contribution < -0.4 is 15.8 Å². The van der Waals surface area contributed by atoms with E-state index in [1.807, 2.05) is 13.8 Å². The molecule has 1 aromatic carbocycles. The minimum Gasteiger partial charge on any atom is -0.482 e. The molecule has 0 radical (unpaired) electrons. The number of carbonyl (C=O) groups excluding carboxylic acids is 2. The highest BCUT2D eigenvalue weighted by Gasteiger charge is 2.10. The van der Waals surface area contributed by atoms with Crippen molar-refractivity contribution in [3.05, 3.63) is 23.8 Å². The first-order valence-electron chi connectivity index (χ1n) is 6.82. The molecule has 0 aliphatic heterocycles. The van der Waals surface area contributed by atoms with E-state index in [1.54, 1.807) is 25.1 Å². The Morgan fingerprint density at radius 1 is 1.35 bits per heavy atom. The SMILES string of the molecule is CCC(=O)c1ccc(OCC(=O)NC(C)CC)c(N)c1. The van der Waals surface area contributed by atoms with Crippen molar-refractivity contribution in [3.63, 3.8) is 0 Å². The topological polar surface area (TPSA) is 81.4 Å². The van der Waals surface area contributed by atoms with Gasteiger partial charge in [0.2, 0.25) is 0 Å². The van der Waals surface area contributed by atoms with Crippen LogP contribution in [0.5, 0.6) is 5.75 Å². The number of ketones is 1. The van der Waals surface area contributed by atoms with Gasteiger partial charge in [0.25, 0.3) is 5.91 Å². The van der Waals surface area contributed by atoms with Crippen LogP contribution in [-0.2, 0) is 4.79 Å². The molecule has 5 heteroatoms. The molecule has 0 aromatic heterocycles. The second-order valence-electron chi connectivity index (χ2n) is 4.69. The van der Waals surface area contributed by atoms with Crippen LogP contribution in [0.3, 0.4) is 0 Å². The van der Waals surface area contributed by atoms with Crippen molar-refractivity contribution in [1.29, 1.82) is 0 Å². The first kappa shape index (κ1) is 16.0. The smallest absolute Gasteiger partial charge is 0.258 e. The van der Waals surface area contributed by atoms with Gasteiger partial charge in [-0.25, -0.2) is 0 Å². The molecule has 110 valence electrons. The van der Waals surface area contributed by atoms with E-state index < -0.39 is 0 Å². The molecule has 0 heterocycles. The van der Waals surface area contributed by atoms with Crippen LogP contribution in [0, 0.1) is 0 Å². The second-order valence-corrected chi connectivity index (χ2v) is 4.69. The van der Waals surface area contributed by atoms with Gasteiger partial charge in [0.1, 0.15) is 5.75 Å². The maximum Gasteiger partial charge on any atom is 0.258 e. The molecule has 5 nitrogen and oxygen atoms in total. The number of anilines is 1. The number of Topliss-reactive ketones (excluding diaryl/α,β-unsaturated/α-hetero) is 1. The third-order valence-corrected chi connectivity index (χ3v) is 3.03. The highest BCUT2D eigenvalue weighted by molar-refractivity contribution is 5.97. The number of benzene rings is 1. The number of hydrogen-bond donors (Lipinski definition) is 2. The summed E-state index contributed by atoms with van der Waals surface area (Å²) < 4.78 is 5.36. The predicted molar refractivity (Wildman–Crippen MR) is 78.9 cm³/mol. The Morgan fingerprint density at radius 3 is 2.60 bits per heavy atom. The van der Waals surface area contributed by atoms with Gasteiger partial charge < -0.3 is 15.8 Å². The first-order valence-corrected chi connectivity index (χ1v) is 6.82. The highest BCUT2D eigenvalue weighted by atomic mass is 16.5. The van der Waals surface area contributed by atoms with Crippen molar-refractivity contribution in [2.45, 2.75) is 39.7 Å². The van der Waals surface area contributed by atoms with E-state index in [4.69, 9.17) is 10.5 Å². The summed E-state index contributed by atoms with van der Waals surface area (Å²) >= 11 is 0. The van der Waals surface area contributed by atoms with Crippen molar-refractivity contribution >= 4 is 17.4 Å². The zero-order chi connectivity index (χ0) is 15.1. The molecule has 1 unspecified atom stereocenters. The summed E-state index contributed by atoms with van der Waals surface area (Å²) in [7, 11) is 0. The number of ether oxygens (including phenoxy) is 1. The van der Waals surface area contributed by atoms with Crippen LogP contribution in [0.2, 0.25) is 0 Å². The van der Waals surface area contributed by atoms with Crippen LogP contribution in [0.1, 0.15) is 44.0 Å². The van der Waals surface area contributed by atoms with Crippen LogP contribution in [-0.4, -0.2) is 24.3 Å². The highest BCUT2D eigenvalue weighted by Crippen LogP contribution is 2.23. The number of nitrogens with two attached hydrogens (primary N) is 1. The molecule has 1 amide bonds. The molecule has 0 aliphatic rings. The fourth-order valence-corrected chi connectivity index (χ4v) is 1.62. The molecular weight excluding hydrogens is 256 g/mol. The van der Waals surface area contributed by atoms with Gasteiger partial charge in [-0.2, -0.15) is 0 Å². The normalized spacial score (nSPS) is 11.8. The van der Waals surface area contributed by atoms with E-state index in [1.165, 1.54) is 0 Å². The van der Waals surface area contributed by atoms with Gasteiger partial charge in [-0.15, -0.1) is 0 Å². The number of rotatable bonds is 7. The lowest BCUT2D eigenvalue weighted by Gasteiger charge is -2.13.